The first-order valence-corrected chi connectivity index (χ1v) is 5.51. The largest absolute Gasteiger partial charge is 0.399 e. The number of hydrogen-bond donors (Lipinski definition) is 1. The van der Waals surface area contributed by atoms with Gasteiger partial charge in [-0.2, -0.15) is 0 Å². The molecule has 3 rings (SSSR count). The van der Waals surface area contributed by atoms with Gasteiger partial charge in [0.25, 0.3) is 0 Å². The molecular weight excluding hydrogens is 226 g/mol. The van der Waals surface area contributed by atoms with E-state index >= 15 is 0 Å². The van der Waals surface area contributed by atoms with Crippen molar-refractivity contribution >= 4 is 5.69 Å². The summed E-state index contributed by atoms with van der Waals surface area (Å²) in [5, 5.41) is 4.41. The number of hydrogen-bond acceptors (Lipinski definition) is 4. The van der Waals surface area contributed by atoms with E-state index in [1.54, 1.807) is 23.4 Å². The Balaban J connectivity index is 1.97. The summed E-state index contributed by atoms with van der Waals surface area (Å²) in [6, 6.07) is 11.3. The summed E-state index contributed by atoms with van der Waals surface area (Å²) in [5.74, 6) is 0.666. The number of benzene rings is 1. The van der Waals surface area contributed by atoms with Crippen LogP contribution in [0.25, 0.3) is 17.1 Å². The zero-order chi connectivity index (χ0) is 12.4. The maximum Gasteiger partial charge on any atom is 0.181 e. The summed E-state index contributed by atoms with van der Waals surface area (Å²) in [5.41, 5.74) is 8.19. The van der Waals surface area contributed by atoms with Gasteiger partial charge in [-0.05, 0) is 36.4 Å². The molecule has 18 heavy (non-hydrogen) atoms. The Bertz CT molecular complexity index is 643. The fourth-order valence-corrected chi connectivity index (χ4v) is 1.64. The predicted molar refractivity (Wildman–Crippen MR) is 69.0 cm³/mol. The fourth-order valence-electron chi connectivity index (χ4n) is 1.64. The van der Waals surface area contributed by atoms with Crippen LogP contribution in [0, 0.1) is 0 Å². The van der Waals surface area contributed by atoms with Gasteiger partial charge in [-0.3, -0.25) is 4.98 Å². The first-order chi connectivity index (χ1) is 8.83. The van der Waals surface area contributed by atoms with Gasteiger partial charge in [0.05, 0.1) is 11.9 Å². The van der Waals surface area contributed by atoms with Crippen molar-refractivity contribution in [3.8, 4) is 17.1 Å². The van der Waals surface area contributed by atoms with E-state index in [1.807, 2.05) is 36.4 Å². The highest BCUT2D eigenvalue weighted by Crippen LogP contribution is 2.16. The number of anilines is 1. The zero-order valence-corrected chi connectivity index (χ0v) is 9.56. The number of rotatable bonds is 2. The molecule has 1 aromatic carbocycles. The molecule has 0 radical (unpaired) electrons. The van der Waals surface area contributed by atoms with Gasteiger partial charge >= 0.3 is 0 Å². The first kappa shape index (κ1) is 10.5. The van der Waals surface area contributed by atoms with E-state index in [-0.39, 0.29) is 0 Å². The molecule has 5 nitrogen and oxygen atoms in total. The van der Waals surface area contributed by atoms with Crippen LogP contribution in [0.2, 0.25) is 0 Å². The van der Waals surface area contributed by atoms with Gasteiger partial charge in [0.1, 0.15) is 6.33 Å². The van der Waals surface area contributed by atoms with Crippen LogP contribution in [0.1, 0.15) is 0 Å². The zero-order valence-electron chi connectivity index (χ0n) is 9.56. The molecule has 0 aliphatic heterocycles. The first-order valence-electron chi connectivity index (χ1n) is 5.51. The molecule has 0 bridgehead atoms. The normalized spacial score (nSPS) is 10.4. The van der Waals surface area contributed by atoms with Crippen LogP contribution in [-0.4, -0.2) is 19.7 Å². The molecule has 0 unspecified atom stereocenters. The molecule has 5 heteroatoms. The number of pyridine rings is 1. The van der Waals surface area contributed by atoms with E-state index < -0.39 is 0 Å². The molecule has 2 aromatic heterocycles. The maximum atomic E-state index is 5.65. The Morgan fingerprint density at radius 1 is 1.06 bits per heavy atom. The minimum atomic E-state index is 0.666. The molecule has 0 atom stereocenters. The van der Waals surface area contributed by atoms with E-state index in [9.17, 15) is 0 Å². The maximum absolute atomic E-state index is 5.65. The second kappa shape index (κ2) is 4.29. The van der Waals surface area contributed by atoms with E-state index in [1.165, 1.54) is 0 Å². The standard InChI is InChI=1S/C13H11N5/c14-11-5-3-10(4-6-11)13-16-9-18(17-13)12-2-1-7-15-8-12/h1-9H,14H2. The Morgan fingerprint density at radius 3 is 2.61 bits per heavy atom. The molecule has 0 fully saturated rings. The highest BCUT2D eigenvalue weighted by atomic mass is 15.3. The average Bonchev–Trinajstić information content (AvgIpc) is 2.90. The molecule has 0 aliphatic rings. The molecule has 0 saturated heterocycles. The lowest BCUT2D eigenvalue weighted by molar-refractivity contribution is 0.875. The van der Waals surface area contributed by atoms with Gasteiger partial charge in [-0.15, -0.1) is 5.10 Å². The second-order valence-corrected chi connectivity index (χ2v) is 3.85. The topological polar surface area (TPSA) is 69.6 Å². The quantitative estimate of drug-likeness (QED) is 0.691. The lowest BCUT2D eigenvalue weighted by Crippen LogP contribution is -1.95. The third kappa shape index (κ3) is 1.93. The number of nitrogens with zero attached hydrogens (tertiary/aromatic N) is 4. The summed E-state index contributed by atoms with van der Waals surface area (Å²) in [6.07, 6.45) is 5.13. The monoisotopic (exact) mass is 237 g/mol. The highest BCUT2D eigenvalue weighted by molar-refractivity contribution is 5.58. The van der Waals surface area contributed by atoms with Gasteiger partial charge in [0.15, 0.2) is 5.82 Å². The van der Waals surface area contributed by atoms with E-state index in [4.69, 9.17) is 5.73 Å². The molecule has 0 amide bonds. The molecule has 0 saturated carbocycles. The van der Waals surface area contributed by atoms with Gasteiger partial charge in [0, 0.05) is 17.4 Å². The second-order valence-electron chi connectivity index (χ2n) is 3.85. The van der Waals surface area contributed by atoms with Crippen molar-refractivity contribution in [3.63, 3.8) is 0 Å². The van der Waals surface area contributed by atoms with Crippen LogP contribution >= 0.6 is 0 Å². The summed E-state index contributed by atoms with van der Waals surface area (Å²) < 4.78 is 1.69. The van der Waals surface area contributed by atoms with E-state index in [0.29, 0.717) is 5.82 Å². The summed E-state index contributed by atoms with van der Waals surface area (Å²) in [4.78, 5) is 8.33. The highest BCUT2D eigenvalue weighted by Gasteiger charge is 2.05. The Kier molecular flexibility index (Phi) is 2.49. The minimum Gasteiger partial charge on any atom is -0.399 e. The molecule has 2 heterocycles. The lowest BCUT2D eigenvalue weighted by atomic mass is 10.2. The van der Waals surface area contributed by atoms with Crippen LogP contribution in [0.3, 0.4) is 0 Å². The van der Waals surface area contributed by atoms with Crippen LogP contribution in [0.4, 0.5) is 5.69 Å². The molecule has 0 spiro atoms. The number of aromatic nitrogens is 4. The van der Waals surface area contributed by atoms with Crippen molar-refractivity contribution in [3.05, 3.63) is 55.1 Å². The van der Waals surface area contributed by atoms with Gasteiger partial charge in [-0.1, -0.05) is 0 Å². The smallest absolute Gasteiger partial charge is 0.181 e. The van der Waals surface area contributed by atoms with Crippen molar-refractivity contribution in [2.45, 2.75) is 0 Å². The third-order valence-corrected chi connectivity index (χ3v) is 2.57. The van der Waals surface area contributed by atoms with E-state index in [0.717, 1.165) is 16.9 Å². The molecule has 2 N–H and O–H groups in total. The van der Waals surface area contributed by atoms with Crippen LogP contribution in [0.15, 0.2) is 55.1 Å². The SMILES string of the molecule is Nc1ccc(-c2ncn(-c3cccnc3)n2)cc1. The van der Waals surface area contributed by atoms with Crippen LogP contribution < -0.4 is 5.73 Å². The molecule has 3 aromatic rings. The molecular formula is C13H11N5. The van der Waals surface area contributed by atoms with Crippen molar-refractivity contribution in [2.75, 3.05) is 5.73 Å². The van der Waals surface area contributed by atoms with Gasteiger partial charge in [0.2, 0.25) is 0 Å². The average molecular weight is 237 g/mol. The summed E-state index contributed by atoms with van der Waals surface area (Å²) in [6.45, 7) is 0. The van der Waals surface area contributed by atoms with Crippen LogP contribution in [0.5, 0.6) is 0 Å². The Morgan fingerprint density at radius 2 is 1.89 bits per heavy atom. The van der Waals surface area contributed by atoms with Crippen LogP contribution in [-0.2, 0) is 0 Å². The molecule has 0 aliphatic carbocycles. The van der Waals surface area contributed by atoms with E-state index in [2.05, 4.69) is 15.1 Å². The van der Waals surface area contributed by atoms with Crippen molar-refractivity contribution < 1.29 is 0 Å². The minimum absolute atomic E-state index is 0.666. The van der Waals surface area contributed by atoms with Gasteiger partial charge < -0.3 is 5.73 Å². The van der Waals surface area contributed by atoms with Gasteiger partial charge in [-0.25, -0.2) is 9.67 Å². The lowest BCUT2D eigenvalue weighted by Gasteiger charge is -1.98. The van der Waals surface area contributed by atoms with Crippen molar-refractivity contribution in [1.29, 1.82) is 0 Å². The predicted octanol–water partition coefficient (Wildman–Crippen LogP) is 1.91. The number of nitrogens with two attached hydrogens (primary N) is 1. The fraction of sp³-hybridized carbons (Fsp3) is 0. The summed E-state index contributed by atoms with van der Waals surface area (Å²) >= 11 is 0. The van der Waals surface area contributed by atoms with Crippen molar-refractivity contribution in [2.24, 2.45) is 0 Å². The summed E-state index contributed by atoms with van der Waals surface area (Å²) in [7, 11) is 0. The number of nitrogen functional groups attached to an aromatic ring is 1. The Hall–Kier alpha value is -2.69. The molecule has 88 valence electrons. The Labute approximate surface area is 104 Å². The third-order valence-electron chi connectivity index (χ3n) is 2.57. The van der Waals surface area contributed by atoms with Crippen molar-refractivity contribution in [1.82, 2.24) is 19.7 Å².